The van der Waals surface area contributed by atoms with Crippen LogP contribution in [0, 0.1) is 0 Å². The van der Waals surface area contributed by atoms with Gasteiger partial charge in [-0.2, -0.15) is 0 Å². The van der Waals surface area contributed by atoms with Gasteiger partial charge in [0.25, 0.3) is 5.56 Å². The Hall–Kier alpha value is -2.68. The van der Waals surface area contributed by atoms with Crippen molar-refractivity contribution in [1.29, 1.82) is 0 Å². The molecule has 0 aliphatic carbocycles. The minimum absolute atomic E-state index is 0.103. The predicted octanol–water partition coefficient (Wildman–Crippen LogP) is 0.992. The molecule has 1 N–H and O–H groups in total. The molecule has 0 aliphatic rings. The zero-order valence-corrected chi connectivity index (χ0v) is 12.4. The number of thioether (sulfide) groups is 1. The number of nitrogens with zero attached hydrogens (tertiary/aromatic N) is 6. The minimum Gasteiger partial charge on any atom is -0.328 e. The quantitative estimate of drug-likeness (QED) is 0.567. The number of rotatable bonds is 3. The summed E-state index contributed by atoms with van der Waals surface area (Å²) in [6.07, 6.45) is 0. The maximum atomic E-state index is 12.4. The van der Waals surface area contributed by atoms with Crippen molar-refractivity contribution in [2.45, 2.75) is 10.9 Å². The van der Waals surface area contributed by atoms with Crippen LogP contribution in [0.5, 0.6) is 0 Å². The van der Waals surface area contributed by atoms with Gasteiger partial charge in [0, 0.05) is 24.6 Å². The van der Waals surface area contributed by atoms with Gasteiger partial charge >= 0.3 is 0 Å². The van der Waals surface area contributed by atoms with Gasteiger partial charge in [-0.15, -0.1) is 5.10 Å². The lowest BCUT2D eigenvalue weighted by molar-refractivity contribution is 0.664. The zero-order chi connectivity index (χ0) is 15.1. The van der Waals surface area contributed by atoms with Crippen LogP contribution in [-0.2, 0) is 12.8 Å². The molecule has 1 aromatic carbocycles. The Morgan fingerprint density at radius 2 is 2.18 bits per heavy atom. The Morgan fingerprint density at radius 1 is 1.32 bits per heavy atom. The standard InChI is InChI=1S/C13H11N7OS/c1-19-13(16-17-18-19)22-7-8-6-11(21)20-10-5-3-2-4-9(10)15-12(20)14-8/h2-6H,7H2,1H3,(H,14,15). The molecule has 110 valence electrons. The molecule has 22 heavy (non-hydrogen) atoms. The molecule has 0 saturated carbocycles. The van der Waals surface area contributed by atoms with Gasteiger partial charge < -0.3 is 4.98 Å². The van der Waals surface area contributed by atoms with Gasteiger partial charge in [-0.05, 0) is 22.6 Å². The highest BCUT2D eigenvalue weighted by Gasteiger charge is 2.10. The lowest BCUT2D eigenvalue weighted by Gasteiger charge is -2.02. The maximum Gasteiger partial charge on any atom is 0.259 e. The van der Waals surface area contributed by atoms with Crippen LogP contribution >= 0.6 is 11.8 Å². The van der Waals surface area contributed by atoms with E-state index in [0.717, 1.165) is 16.7 Å². The highest BCUT2D eigenvalue weighted by Crippen LogP contribution is 2.18. The van der Waals surface area contributed by atoms with Crippen LogP contribution in [-0.4, -0.2) is 34.6 Å². The number of H-pyrrole nitrogens is 1. The number of tetrazole rings is 1. The topological polar surface area (TPSA) is 93.8 Å². The molecule has 0 bridgehead atoms. The molecule has 0 amide bonds. The molecule has 0 aliphatic heterocycles. The van der Waals surface area contributed by atoms with Crippen LogP contribution in [0.1, 0.15) is 5.69 Å². The molecule has 0 radical (unpaired) electrons. The van der Waals surface area contributed by atoms with Crippen molar-refractivity contribution in [3.8, 4) is 0 Å². The van der Waals surface area contributed by atoms with E-state index in [2.05, 4.69) is 25.5 Å². The minimum atomic E-state index is -0.103. The van der Waals surface area contributed by atoms with Crippen LogP contribution in [0.25, 0.3) is 16.8 Å². The fourth-order valence-electron chi connectivity index (χ4n) is 2.29. The number of imidazole rings is 1. The molecule has 0 atom stereocenters. The first kappa shape index (κ1) is 13.0. The summed E-state index contributed by atoms with van der Waals surface area (Å²) in [5.41, 5.74) is 2.27. The molecule has 0 saturated heterocycles. The molecular formula is C13H11N7OS. The average molecular weight is 313 g/mol. The Bertz CT molecular complexity index is 1030. The predicted molar refractivity (Wildman–Crippen MR) is 81.7 cm³/mol. The smallest absolute Gasteiger partial charge is 0.259 e. The number of hydrogen-bond acceptors (Lipinski definition) is 6. The molecule has 9 heteroatoms. The van der Waals surface area contributed by atoms with Gasteiger partial charge in [-0.1, -0.05) is 23.9 Å². The van der Waals surface area contributed by atoms with E-state index in [9.17, 15) is 4.79 Å². The number of nitrogens with one attached hydrogen (secondary N) is 1. The molecule has 8 nitrogen and oxygen atoms in total. The lowest BCUT2D eigenvalue weighted by Crippen LogP contribution is -2.14. The van der Waals surface area contributed by atoms with Crippen molar-refractivity contribution < 1.29 is 0 Å². The highest BCUT2D eigenvalue weighted by molar-refractivity contribution is 7.98. The fraction of sp³-hybridized carbons (Fsp3) is 0.154. The number of hydrogen-bond donors (Lipinski definition) is 1. The van der Waals surface area contributed by atoms with Crippen LogP contribution < -0.4 is 5.56 Å². The van der Waals surface area contributed by atoms with Crippen LogP contribution in [0.15, 0.2) is 40.3 Å². The van der Waals surface area contributed by atoms with Gasteiger partial charge in [0.05, 0.1) is 11.0 Å². The molecule has 0 unspecified atom stereocenters. The van der Waals surface area contributed by atoms with Crippen molar-refractivity contribution in [1.82, 2.24) is 34.6 Å². The number of fused-ring (bicyclic) bond motifs is 3. The summed E-state index contributed by atoms with van der Waals surface area (Å²) >= 11 is 1.45. The van der Waals surface area contributed by atoms with Gasteiger partial charge in [0.2, 0.25) is 10.9 Å². The molecule has 3 aromatic heterocycles. The normalized spacial score (nSPS) is 11.5. The largest absolute Gasteiger partial charge is 0.328 e. The first-order chi connectivity index (χ1) is 10.7. The van der Waals surface area contributed by atoms with Crippen LogP contribution in [0.2, 0.25) is 0 Å². The van der Waals surface area contributed by atoms with E-state index < -0.39 is 0 Å². The number of benzene rings is 1. The molecule has 4 aromatic rings. The molecule has 0 fully saturated rings. The Kier molecular flexibility index (Phi) is 2.93. The van der Waals surface area contributed by atoms with E-state index in [0.29, 0.717) is 16.7 Å². The fourth-order valence-corrected chi connectivity index (χ4v) is 3.05. The third-order valence-electron chi connectivity index (χ3n) is 3.29. The van der Waals surface area contributed by atoms with E-state index in [1.54, 1.807) is 22.2 Å². The summed E-state index contributed by atoms with van der Waals surface area (Å²) in [5, 5.41) is 11.9. The first-order valence-corrected chi connectivity index (χ1v) is 7.55. The van der Waals surface area contributed by atoms with Crippen molar-refractivity contribution in [3.05, 3.63) is 46.4 Å². The van der Waals surface area contributed by atoms with Gasteiger partial charge in [-0.25, -0.2) is 14.1 Å². The van der Waals surface area contributed by atoms with Crippen molar-refractivity contribution in [3.63, 3.8) is 0 Å². The monoisotopic (exact) mass is 313 g/mol. The average Bonchev–Trinajstić information content (AvgIpc) is 3.08. The second-order valence-corrected chi connectivity index (χ2v) is 5.71. The van der Waals surface area contributed by atoms with Crippen molar-refractivity contribution in [2.24, 2.45) is 7.05 Å². The summed E-state index contributed by atoms with van der Waals surface area (Å²) < 4.78 is 3.17. The first-order valence-electron chi connectivity index (χ1n) is 6.57. The lowest BCUT2D eigenvalue weighted by atomic mass is 10.3. The number of aromatic nitrogens is 7. The summed E-state index contributed by atoms with van der Waals surface area (Å²) in [7, 11) is 1.77. The number of aryl methyl sites for hydroxylation is 1. The van der Waals surface area contributed by atoms with Crippen LogP contribution in [0.3, 0.4) is 0 Å². The Labute approximate surface area is 128 Å². The second kappa shape index (κ2) is 4.95. The SMILES string of the molecule is Cn1nnnc1SCc1cc(=O)n2c(nc3ccccc32)[nH]1. The van der Waals surface area contributed by atoms with Gasteiger partial charge in [0.1, 0.15) is 0 Å². The Morgan fingerprint density at radius 3 is 3.00 bits per heavy atom. The van der Waals surface area contributed by atoms with Crippen molar-refractivity contribution in [2.75, 3.05) is 0 Å². The van der Waals surface area contributed by atoms with E-state index >= 15 is 0 Å². The summed E-state index contributed by atoms with van der Waals surface area (Å²) in [6, 6.07) is 9.13. The third kappa shape index (κ3) is 2.06. The van der Waals surface area contributed by atoms with Crippen LogP contribution in [0.4, 0.5) is 0 Å². The molecule has 3 heterocycles. The van der Waals surface area contributed by atoms with Gasteiger partial charge in [-0.3, -0.25) is 4.79 Å². The van der Waals surface area contributed by atoms with E-state index in [1.807, 2.05) is 24.3 Å². The Balaban J connectivity index is 1.75. The summed E-state index contributed by atoms with van der Waals surface area (Å²) in [6.45, 7) is 0. The maximum absolute atomic E-state index is 12.4. The molecule has 0 spiro atoms. The van der Waals surface area contributed by atoms with E-state index in [4.69, 9.17) is 0 Å². The molecule has 4 rings (SSSR count). The van der Waals surface area contributed by atoms with Gasteiger partial charge in [0.15, 0.2) is 0 Å². The zero-order valence-electron chi connectivity index (χ0n) is 11.6. The number of aromatic amines is 1. The van der Waals surface area contributed by atoms with E-state index in [-0.39, 0.29) is 5.56 Å². The van der Waals surface area contributed by atoms with Crippen molar-refractivity contribution >= 4 is 28.6 Å². The molecular weight excluding hydrogens is 302 g/mol. The second-order valence-electron chi connectivity index (χ2n) is 4.77. The number of para-hydroxylation sites is 2. The third-order valence-corrected chi connectivity index (χ3v) is 4.35. The summed E-state index contributed by atoms with van der Waals surface area (Å²) in [4.78, 5) is 20.0. The highest BCUT2D eigenvalue weighted by atomic mass is 32.2. The van der Waals surface area contributed by atoms with E-state index in [1.165, 1.54) is 11.8 Å². The summed E-state index contributed by atoms with van der Waals surface area (Å²) in [5.74, 6) is 1.10.